The van der Waals surface area contributed by atoms with E-state index in [1.54, 1.807) is 0 Å². The van der Waals surface area contributed by atoms with Crippen LogP contribution in [0.5, 0.6) is 5.75 Å². The molecule has 0 radical (unpaired) electrons. The Hall–Kier alpha value is -2.69. The highest BCUT2D eigenvalue weighted by Gasteiger charge is 2.19. The van der Waals surface area contributed by atoms with Crippen molar-refractivity contribution in [1.29, 1.82) is 0 Å². The van der Waals surface area contributed by atoms with Crippen molar-refractivity contribution in [2.45, 2.75) is 26.7 Å². The number of nitrogen functional groups attached to an aromatic ring is 1. The molecule has 0 saturated carbocycles. The van der Waals surface area contributed by atoms with Gasteiger partial charge in [-0.1, -0.05) is 24.6 Å². The van der Waals surface area contributed by atoms with E-state index in [-0.39, 0.29) is 12.5 Å². The summed E-state index contributed by atoms with van der Waals surface area (Å²) in [6.07, 6.45) is 2.32. The van der Waals surface area contributed by atoms with Crippen molar-refractivity contribution < 1.29 is 9.53 Å². The van der Waals surface area contributed by atoms with E-state index in [4.69, 9.17) is 10.5 Å². The number of piperidine rings is 1. The number of amides is 1. The van der Waals surface area contributed by atoms with E-state index >= 15 is 0 Å². The highest BCUT2D eigenvalue weighted by atomic mass is 16.5. The van der Waals surface area contributed by atoms with Crippen LogP contribution in [0.25, 0.3) is 0 Å². The molecule has 138 valence electrons. The van der Waals surface area contributed by atoms with E-state index < -0.39 is 0 Å². The number of benzene rings is 2. The number of nitrogens with zero attached hydrogens (tertiary/aromatic N) is 1. The zero-order chi connectivity index (χ0) is 18.5. The van der Waals surface area contributed by atoms with Gasteiger partial charge >= 0.3 is 0 Å². The van der Waals surface area contributed by atoms with Crippen molar-refractivity contribution in [3.8, 4) is 5.75 Å². The first-order chi connectivity index (χ1) is 12.5. The van der Waals surface area contributed by atoms with Crippen molar-refractivity contribution in [3.05, 3.63) is 48.0 Å². The number of ether oxygens (including phenoxy) is 1. The molecule has 0 aromatic heterocycles. The number of hydrogen-bond donors (Lipinski definition) is 2. The molecule has 1 amide bonds. The molecule has 0 spiro atoms. The Balaban J connectivity index is 1.65. The molecule has 5 heteroatoms. The van der Waals surface area contributed by atoms with Crippen LogP contribution < -0.4 is 20.7 Å². The lowest BCUT2D eigenvalue weighted by atomic mass is 9.98. The molecule has 0 atom stereocenters. The molecule has 0 aliphatic carbocycles. The summed E-state index contributed by atoms with van der Waals surface area (Å²) in [5.41, 5.74) is 9.49. The molecule has 1 heterocycles. The summed E-state index contributed by atoms with van der Waals surface area (Å²) in [6.45, 7) is 6.25. The van der Waals surface area contributed by atoms with E-state index in [1.807, 2.05) is 49.4 Å². The predicted octanol–water partition coefficient (Wildman–Crippen LogP) is 3.83. The molecular weight excluding hydrogens is 326 g/mol. The molecule has 1 saturated heterocycles. The first-order valence-electron chi connectivity index (χ1n) is 9.15. The average Bonchev–Trinajstić information content (AvgIpc) is 2.62. The summed E-state index contributed by atoms with van der Waals surface area (Å²) in [7, 11) is 0. The number of aryl methyl sites for hydroxylation is 1. The smallest absolute Gasteiger partial charge is 0.262 e. The van der Waals surface area contributed by atoms with Crippen molar-refractivity contribution in [3.63, 3.8) is 0 Å². The van der Waals surface area contributed by atoms with Gasteiger partial charge in [-0.3, -0.25) is 4.79 Å². The molecule has 3 N–H and O–H groups in total. The van der Waals surface area contributed by atoms with Gasteiger partial charge < -0.3 is 20.7 Å². The molecule has 0 bridgehead atoms. The number of carbonyl (C=O) groups is 1. The van der Waals surface area contributed by atoms with Crippen LogP contribution in [0.15, 0.2) is 42.5 Å². The minimum atomic E-state index is -0.192. The Morgan fingerprint density at radius 3 is 2.58 bits per heavy atom. The van der Waals surface area contributed by atoms with Gasteiger partial charge in [0, 0.05) is 18.8 Å². The van der Waals surface area contributed by atoms with E-state index in [9.17, 15) is 4.79 Å². The van der Waals surface area contributed by atoms with Gasteiger partial charge in [-0.05, 0) is 56.0 Å². The largest absolute Gasteiger partial charge is 0.484 e. The van der Waals surface area contributed by atoms with E-state index in [0.717, 1.165) is 48.8 Å². The molecule has 3 rings (SSSR count). The van der Waals surface area contributed by atoms with Crippen LogP contribution in [0.4, 0.5) is 17.1 Å². The summed E-state index contributed by atoms with van der Waals surface area (Å²) in [5.74, 6) is 1.24. The third-order valence-corrected chi connectivity index (χ3v) is 4.81. The number of nitrogens with two attached hydrogens (primary N) is 1. The zero-order valence-corrected chi connectivity index (χ0v) is 15.5. The van der Waals surface area contributed by atoms with Gasteiger partial charge in [-0.2, -0.15) is 0 Å². The minimum Gasteiger partial charge on any atom is -0.484 e. The molecule has 2 aromatic rings. The molecule has 5 nitrogen and oxygen atoms in total. The highest BCUT2D eigenvalue weighted by molar-refractivity contribution is 5.96. The van der Waals surface area contributed by atoms with Gasteiger partial charge in [0.1, 0.15) is 5.75 Å². The van der Waals surface area contributed by atoms with Crippen LogP contribution in [0.3, 0.4) is 0 Å². The lowest BCUT2D eigenvalue weighted by Crippen LogP contribution is -2.33. The lowest BCUT2D eigenvalue weighted by molar-refractivity contribution is -0.118. The van der Waals surface area contributed by atoms with Crippen LogP contribution in [0.2, 0.25) is 0 Å². The fourth-order valence-electron chi connectivity index (χ4n) is 3.15. The second-order valence-corrected chi connectivity index (χ2v) is 7.10. The molecule has 1 aliphatic rings. The Morgan fingerprint density at radius 1 is 1.19 bits per heavy atom. The standard InChI is InChI=1S/C21H27N3O2/c1-15-3-6-18(7-4-15)26-14-21(25)23-19-13-17(22)5-8-20(19)24-11-9-16(2)10-12-24/h3-8,13,16H,9-12,14,22H2,1-2H3,(H,23,25). The van der Waals surface area contributed by atoms with Crippen molar-refractivity contribution in [2.75, 3.05) is 35.6 Å². The monoisotopic (exact) mass is 353 g/mol. The molecule has 1 aliphatic heterocycles. The first-order valence-corrected chi connectivity index (χ1v) is 9.15. The molecule has 1 fully saturated rings. The quantitative estimate of drug-likeness (QED) is 0.802. The Kier molecular flexibility index (Phi) is 5.66. The molecular formula is C21H27N3O2. The van der Waals surface area contributed by atoms with Crippen LogP contribution >= 0.6 is 0 Å². The lowest BCUT2D eigenvalue weighted by Gasteiger charge is -2.33. The molecule has 26 heavy (non-hydrogen) atoms. The third kappa shape index (κ3) is 4.69. The van der Waals surface area contributed by atoms with Gasteiger partial charge in [0.05, 0.1) is 11.4 Å². The Morgan fingerprint density at radius 2 is 1.88 bits per heavy atom. The highest BCUT2D eigenvalue weighted by Crippen LogP contribution is 2.31. The number of rotatable bonds is 5. The van der Waals surface area contributed by atoms with Gasteiger partial charge in [-0.25, -0.2) is 0 Å². The SMILES string of the molecule is Cc1ccc(OCC(=O)Nc2cc(N)ccc2N2CCC(C)CC2)cc1. The number of anilines is 3. The Bertz CT molecular complexity index is 750. The topological polar surface area (TPSA) is 67.6 Å². The van der Waals surface area contributed by atoms with E-state index in [0.29, 0.717) is 11.4 Å². The van der Waals surface area contributed by atoms with Crippen molar-refractivity contribution >= 4 is 23.0 Å². The summed E-state index contributed by atoms with van der Waals surface area (Å²) < 4.78 is 5.57. The van der Waals surface area contributed by atoms with Crippen molar-refractivity contribution in [1.82, 2.24) is 0 Å². The fourth-order valence-corrected chi connectivity index (χ4v) is 3.15. The predicted molar refractivity (Wildman–Crippen MR) is 107 cm³/mol. The van der Waals surface area contributed by atoms with Crippen molar-refractivity contribution in [2.24, 2.45) is 5.92 Å². The van der Waals surface area contributed by atoms with E-state index in [1.165, 1.54) is 0 Å². The van der Waals surface area contributed by atoms with Gasteiger partial charge in [0.25, 0.3) is 5.91 Å². The minimum absolute atomic E-state index is 0.0334. The van der Waals surface area contributed by atoms with Gasteiger partial charge in [0.2, 0.25) is 0 Å². The van der Waals surface area contributed by atoms with Gasteiger partial charge in [0.15, 0.2) is 6.61 Å². The summed E-state index contributed by atoms with van der Waals surface area (Å²) >= 11 is 0. The maximum Gasteiger partial charge on any atom is 0.262 e. The number of nitrogens with one attached hydrogen (secondary N) is 1. The summed E-state index contributed by atoms with van der Waals surface area (Å²) in [6, 6.07) is 13.3. The summed E-state index contributed by atoms with van der Waals surface area (Å²) in [4.78, 5) is 14.7. The van der Waals surface area contributed by atoms with Crippen LogP contribution in [0, 0.1) is 12.8 Å². The number of hydrogen-bond acceptors (Lipinski definition) is 4. The maximum atomic E-state index is 12.4. The average molecular weight is 353 g/mol. The second kappa shape index (κ2) is 8.13. The van der Waals surface area contributed by atoms with Crippen LogP contribution in [-0.4, -0.2) is 25.6 Å². The molecule has 0 unspecified atom stereocenters. The fraction of sp³-hybridized carbons (Fsp3) is 0.381. The normalized spacial score (nSPS) is 14.9. The maximum absolute atomic E-state index is 12.4. The number of carbonyl (C=O) groups excluding carboxylic acids is 1. The first kappa shape index (κ1) is 18.1. The van der Waals surface area contributed by atoms with Crippen LogP contribution in [-0.2, 0) is 4.79 Å². The van der Waals surface area contributed by atoms with E-state index in [2.05, 4.69) is 17.1 Å². The second-order valence-electron chi connectivity index (χ2n) is 7.10. The third-order valence-electron chi connectivity index (χ3n) is 4.81. The summed E-state index contributed by atoms with van der Waals surface area (Å²) in [5, 5.41) is 2.96. The zero-order valence-electron chi connectivity index (χ0n) is 15.5. The Labute approximate surface area is 155 Å². The molecule has 2 aromatic carbocycles. The van der Waals surface area contributed by atoms with Crippen LogP contribution in [0.1, 0.15) is 25.3 Å². The van der Waals surface area contributed by atoms with Gasteiger partial charge in [-0.15, -0.1) is 0 Å².